The number of anilines is 2. The van der Waals surface area contributed by atoms with Gasteiger partial charge in [-0.2, -0.15) is 0 Å². The van der Waals surface area contributed by atoms with Crippen molar-refractivity contribution < 1.29 is 14.4 Å². The fourth-order valence-electron chi connectivity index (χ4n) is 3.89. The van der Waals surface area contributed by atoms with Crippen LogP contribution in [-0.2, 0) is 14.4 Å². The lowest BCUT2D eigenvalue weighted by Gasteiger charge is -2.35. The number of pyridine rings is 1. The zero-order valence-electron chi connectivity index (χ0n) is 16.7. The summed E-state index contributed by atoms with van der Waals surface area (Å²) in [6.07, 6.45) is 1.92. The van der Waals surface area contributed by atoms with Gasteiger partial charge in [-0.15, -0.1) is 0 Å². The number of hydrogen-bond donors (Lipinski definition) is 1. The number of carbonyl (C=O) groups is 3. The lowest BCUT2D eigenvalue weighted by atomic mass is 10.1. The Morgan fingerprint density at radius 2 is 1.73 bits per heavy atom. The van der Waals surface area contributed by atoms with Crippen molar-refractivity contribution in [2.45, 2.75) is 6.42 Å². The summed E-state index contributed by atoms with van der Waals surface area (Å²) in [5, 5.41) is 2.72. The molecule has 2 aliphatic rings. The fraction of sp³-hybridized carbons (Fsp3) is 0.364. The first-order chi connectivity index (χ1) is 14.6. The summed E-state index contributed by atoms with van der Waals surface area (Å²) in [5.74, 6) is 0.0483. The first-order valence-electron chi connectivity index (χ1n) is 10.2. The summed E-state index contributed by atoms with van der Waals surface area (Å²) in [6, 6.07) is 15.1. The van der Waals surface area contributed by atoms with Gasteiger partial charge >= 0.3 is 0 Å². The molecule has 1 N–H and O–H groups in total. The van der Waals surface area contributed by atoms with Crippen LogP contribution in [0, 0.1) is 5.92 Å². The third kappa shape index (κ3) is 4.42. The van der Waals surface area contributed by atoms with E-state index < -0.39 is 5.92 Å². The van der Waals surface area contributed by atoms with Gasteiger partial charge < -0.3 is 20.0 Å². The van der Waals surface area contributed by atoms with Crippen LogP contribution < -0.4 is 15.1 Å². The van der Waals surface area contributed by atoms with E-state index >= 15 is 0 Å². The number of rotatable bonds is 5. The maximum atomic E-state index is 12.5. The molecule has 2 aliphatic heterocycles. The van der Waals surface area contributed by atoms with E-state index in [1.165, 1.54) is 0 Å². The van der Waals surface area contributed by atoms with Gasteiger partial charge in [-0.05, 0) is 24.3 Å². The normalized spacial score (nSPS) is 19.1. The highest BCUT2D eigenvalue weighted by molar-refractivity contribution is 6.00. The van der Waals surface area contributed by atoms with Gasteiger partial charge in [0.2, 0.25) is 17.7 Å². The van der Waals surface area contributed by atoms with E-state index in [1.54, 1.807) is 16.0 Å². The molecule has 1 aromatic heterocycles. The molecule has 156 valence electrons. The van der Waals surface area contributed by atoms with Crippen LogP contribution in [-0.4, -0.2) is 66.9 Å². The molecule has 0 spiro atoms. The quantitative estimate of drug-likeness (QED) is 0.796. The van der Waals surface area contributed by atoms with E-state index in [1.807, 2.05) is 48.5 Å². The maximum absolute atomic E-state index is 12.5. The topological polar surface area (TPSA) is 85.9 Å². The molecule has 4 rings (SSSR count). The lowest BCUT2D eigenvalue weighted by molar-refractivity contribution is -0.134. The molecule has 0 aliphatic carbocycles. The van der Waals surface area contributed by atoms with Crippen molar-refractivity contribution in [3.05, 3.63) is 54.7 Å². The van der Waals surface area contributed by atoms with Gasteiger partial charge in [0.05, 0.1) is 12.5 Å². The van der Waals surface area contributed by atoms with E-state index in [-0.39, 0.29) is 30.7 Å². The van der Waals surface area contributed by atoms with Gasteiger partial charge in [0.25, 0.3) is 0 Å². The third-order valence-electron chi connectivity index (χ3n) is 5.58. The fourth-order valence-corrected chi connectivity index (χ4v) is 3.89. The molecular formula is C22H25N5O3. The van der Waals surface area contributed by atoms with E-state index in [4.69, 9.17) is 0 Å². The molecule has 0 radical (unpaired) electrons. The molecule has 1 unspecified atom stereocenters. The monoisotopic (exact) mass is 407 g/mol. The highest BCUT2D eigenvalue weighted by Gasteiger charge is 2.35. The van der Waals surface area contributed by atoms with Crippen molar-refractivity contribution >= 4 is 29.2 Å². The SMILES string of the molecule is O=C(NCC(=O)N1CCN(c2ccccn2)CC1)C1CC(=O)N(c2ccccc2)C1. The van der Waals surface area contributed by atoms with Gasteiger partial charge in [0, 0.05) is 51.0 Å². The van der Waals surface area contributed by atoms with E-state index in [2.05, 4.69) is 15.2 Å². The first-order valence-corrected chi connectivity index (χ1v) is 10.2. The molecule has 30 heavy (non-hydrogen) atoms. The minimum atomic E-state index is -0.438. The molecule has 1 aromatic carbocycles. The minimum Gasteiger partial charge on any atom is -0.353 e. The first kappa shape index (κ1) is 19.9. The number of amides is 3. The molecule has 0 saturated carbocycles. The van der Waals surface area contributed by atoms with Crippen LogP contribution in [0.3, 0.4) is 0 Å². The maximum Gasteiger partial charge on any atom is 0.242 e. The summed E-state index contributed by atoms with van der Waals surface area (Å²) < 4.78 is 0. The molecule has 0 bridgehead atoms. The summed E-state index contributed by atoms with van der Waals surface area (Å²) >= 11 is 0. The number of para-hydroxylation sites is 1. The standard InChI is InChI=1S/C22H25N5O3/c28-20-14-17(16-27(20)18-6-2-1-3-7-18)22(30)24-15-21(29)26-12-10-25(11-13-26)19-8-4-5-9-23-19/h1-9,17H,10-16H2,(H,24,30). The van der Waals surface area contributed by atoms with Gasteiger partial charge in [-0.25, -0.2) is 4.98 Å². The van der Waals surface area contributed by atoms with Crippen LogP contribution in [0.25, 0.3) is 0 Å². The summed E-state index contributed by atoms with van der Waals surface area (Å²) in [4.78, 5) is 47.2. The van der Waals surface area contributed by atoms with Gasteiger partial charge in [0.15, 0.2) is 0 Å². The Labute approximate surface area is 175 Å². The number of aromatic nitrogens is 1. The van der Waals surface area contributed by atoms with E-state index in [0.29, 0.717) is 32.7 Å². The van der Waals surface area contributed by atoms with Crippen LogP contribution in [0.4, 0.5) is 11.5 Å². The van der Waals surface area contributed by atoms with E-state index in [0.717, 1.165) is 11.5 Å². The average molecular weight is 407 g/mol. The second-order valence-corrected chi connectivity index (χ2v) is 7.51. The number of hydrogen-bond acceptors (Lipinski definition) is 5. The van der Waals surface area contributed by atoms with Crippen molar-refractivity contribution in [2.24, 2.45) is 5.92 Å². The molecule has 1 atom stereocenters. The molecule has 2 aromatic rings. The summed E-state index contributed by atoms with van der Waals surface area (Å²) in [7, 11) is 0. The Bertz CT molecular complexity index is 898. The highest BCUT2D eigenvalue weighted by Crippen LogP contribution is 2.24. The van der Waals surface area contributed by atoms with Crippen molar-refractivity contribution in [1.82, 2.24) is 15.2 Å². The van der Waals surface area contributed by atoms with Crippen LogP contribution in [0.15, 0.2) is 54.7 Å². The number of nitrogens with one attached hydrogen (secondary N) is 1. The zero-order chi connectivity index (χ0) is 20.9. The van der Waals surface area contributed by atoms with Crippen molar-refractivity contribution in [3.63, 3.8) is 0 Å². The molecule has 3 heterocycles. The third-order valence-corrected chi connectivity index (χ3v) is 5.58. The lowest BCUT2D eigenvalue weighted by Crippen LogP contribution is -2.51. The van der Waals surface area contributed by atoms with Crippen molar-refractivity contribution in [2.75, 3.05) is 49.1 Å². The summed E-state index contributed by atoms with van der Waals surface area (Å²) in [6.45, 7) is 2.90. The van der Waals surface area contributed by atoms with Crippen LogP contribution in [0.1, 0.15) is 6.42 Å². The van der Waals surface area contributed by atoms with Gasteiger partial charge in [-0.3, -0.25) is 14.4 Å². The smallest absolute Gasteiger partial charge is 0.242 e. The zero-order valence-corrected chi connectivity index (χ0v) is 16.7. The second kappa shape index (κ2) is 8.94. The minimum absolute atomic E-state index is 0.0432. The Morgan fingerprint density at radius 1 is 1.00 bits per heavy atom. The van der Waals surface area contributed by atoms with Crippen LogP contribution >= 0.6 is 0 Å². The van der Waals surface area contributed by atoms with Crippen molar-refractivity contribution in [1.29, 1.82) is 0 Å². The molecule has 2 fully saturated rings. The predicted octanol–water partition coefficient (Wildman–Crippen LogP) is 0.900. The highest BCUT2D eigenvalue weighted by atomic mass is 16.2. The number of carbonyl (C=O) groups excluding carboxylic acids is 3. The Morgan fingerprint density at radius 3 is 2.43 bits per heavy atom. The average Bonchev–Trinajstić information content (AvgIpc) is 3.20. The molecule has 8 nitrogen and oxygen atoms in total. The number of benzene rings is 1. The largest absolute Gasteiger partial charge is 0.353 e. The number of piperazine rings is 1. The Balaban J connectivity index is 1.24. The Hall–Kier alpha value is -3.42. The van der Waals surface area contributed by atoms with Gasteiger partial charge in [-0.1, -0.05) is 24.3 Å². The van der Waals surface area contributed by atoms with Gasteiger partial charge in [0.1, 0.15) is 5.82 Å². The second-order valence-electron chi connectivity index (χ2n) is 7.51. The van der Waals surface area contributed by atoms with Crippen molar-refractivity contribution in [3.8, 4) is 0 Å². The number of nitrogens with zero attached hydrogens (tertiary/aromatic N) is 4. The predicted molar refractivity (Wildman–Crippen MR) is 113 cm³/mol. The van der Waals surface area contributed by atoms with Crippen LogP contribution in [0.2, 0.25) is 0 Å². The Kier molecular flexibility index (Phi) is 5.92. The summed E-state index contributed by atoms with van der Waals surface area (Å²) in [5.41, 5.74) is 0.791. The van der Waals surface area contributed by atoms with Crippen LogP contribution in [0.5, 0.6) is 0 Å². The van der Waals surface area contributed by atoms with E-state index in [9.17, 15) is 14.4 Å². The molecule has 3 amide bonds. The molecular weight excluding hydrogens is 382 g/mol. The molecule has 8 heteroatoms. The molecule has 2 saturated heterocycles.